The molecule has 0 aliphatic heterocycles. The number of rotatable bonds is 15. The third-order valence-corrected chi connectivity index (χ3v) is 21.4. The number of aromatic nitrogens is 12. The minimum Gasteiger partial charge on any atom is -0.477 e. The first-order valence-corrected chi connectivity index (χ1v) is 36.8. The number of H-pyrrole nitrogens is 1. The van der Waals surface area contributed by atoms with Gasteiger partial charge in [0.1, 0.15) is 16.7 Å². The first-order chi connectivity index (χ1) is 56.8. The molecule has 6 heterocycles. The molecule has 6 aromatic heterocycles. The Morgan fingerprint density at radius 1 is 0.413 bits per heavy atom. The van der Waals surface area contributed by atoms with E-state index in [1.807, 2.05) is 0 Å². The maximum absolute atomic E-state index is 13.9. The van der Waals surface area contributed by atoms with Crippen molar-refractivity contribution in [1.82, 2.24) is 55.2 Å². The largest absolute Gasteiger partial charge is 0.477 e. The van der Waals surface area contributed by atoms with Crippen molar-refractivity contribution in [1.29, 1.82) is 0 Å². The summed E-state index contributed by atoms with van der Waals surface area (Å²) in [6.07, 6.45) is -23.2. The summed E-state index contributed by atoms with van der Waals surface area (Å²) in [6, 6.07) is 19.6. The van der Waals surface area contributed by atoms with Gasteiger partial charge >= 0.3 is 82.9 Å². The van der Waals surface area contributed by atoms with Crippen LogP contribution in [0.2, 0.25) is 0 Å². The Hall–Kier alpha value is -13.5. The van der Waals surface area contributed by atoms with Crippen molar-refractivity contribution >= 4 is 51.0 Å². The summed E-state index contributed by atoms with van der Waals surface area (Å²) < 4.78 is 221. The number of carboxylic acid groups (broad SMARTS) is 1. The number of hydrogen-bond donors (Lipinski definition) is 2. The molecule has 15 rings (SSSR count). The molecule has 42 heteroatoms. The molecular formula is C79H65F15N12O15. The number of halogens is 15. The summed E-state index contributed by atoms with van der Waals surface area (Å²) in [6.45, 7) is 1.46. The van der Waals surface area contributed by atoms with E-state index < -0.39 is 171 Å². The number of esters is 2. The van der Waals surface area contributed by atoms with Gasteiger partial charge < -0.3 is 19.6 Å². The summed E-state index contributed by atoms with van der Waals surface area (Å²) in [4.78, 5) is 159. The number of nitrogens with one attached hydrogen (secondary N) is 1. The van der Waals surface area contributed by atoms with Gasteiger partial charge in [0, 0.05) is 52.8 Å². The minimum atomic E-state index is -4.69. The number of carbonyl (C=O) groups excluding carboxylic acids is 2. The lowest BCUT2D eigenvalue weighted by Crippen LogP contribution is -2.44. The summed E-state index contributed by atoms with van der Waals surface area (Å²) in [5.74, 6) is -3.76. The van der Waals surface area contributed by atoms with Crippen LogP contribution in [-0.4, -0.2) is 104 Å². The number of carbonyl (C=O) groups is 3. The lowest BCUT2D eigenvalue weighted by molar-refractivity contribution is -0.139. The van der Waals surface area contributed by atoms with E-state index in [9.17, 15) is 128 Å². The zero-order chi connectivity index (χ0) is 88.1. The monoisotopic (exact) mass is 1710 g/mol. The first-order valence-electron chi connectivity index (χ1n) is 36.8. The van der Waals surface area contributed by atoms with Gasteiger partial charge in [0.25, 0.3) is 16.7 Å². The number of hydrogen-bond acceptors (Lipinski definition) is 14. The van der Waals surface area contributed by atoms with E-state index in [2.05, 4.69) is 4.98 Å². The number of aryl methyl sites for hydroxylation is 5. The maximum Gasteiger partial charge on any atom is 0.416 e. The van der Waals surface area contributed by atoms with Gasteiger partial charge in [-0.3, -0.25) is 64.6 Å². The number of alkyl halides is 15. The number of nitrogens with zero attached hydrogens (tertiary/aromatic N) is 11. The summed E-state index contributed by atoms with van der Waals surface area (Å²) in [5, 5.41) is 9.71. The van der Waals surface area contributed by atoms with Gasteiger partial charge in [0.15, 0.2) is 0 Å². The second-order valence-electron chi connectivity index (χ2n) is 28.4. The molecule has 6 aromatic carbocycles. The molecule has 3 aliphatic rings. The van der Waals surface area contributed by atoms with Crippen LogP contribution in [-0.2, 0) is 81.5 Å². The zero-order valence-corrected chi connectivity index (χ0v) is 63.6. The molecule has 3 atom stereocenters. The number of benzene rings is 6. The third kappa shape index (κ3) is 15.9. The number of imidazole rings is 3. The summed E-state index contributed by atoms with van der Waals surface area (Å²) >= 11 is 0. The normalized spacial score (nSPS) is 15.3. The third-order valence-electron chi connectivity index (χ3n) is 21.4. The van der Waals surface area contributed by atoms with Crippen LogP contribution in [0.5, 0.6) is 0 Å². The van der Waals surface area contributed by atoms with E-state index in [0.717, 1.165) is 79.4 Å². The molecule has 3 aliphatic carbocycles. The molecular weight excluding hydrogens is 1640 g/mol. The average molecular weight is 1710 g/mol. The van der Waals surface area contributed by atoms with Gasteiger partial charge in [-0.15, -0.1) is 0 Å². The van der Waals surface area contributed by atoms with E-state index in [1.165, 1.54) is 104 Å². The fourth-order valence-corrected chi connectivity index (χ4v) is 15.8. The van der Waals surface area contributed by atoms with Crippen molar-refractivity contribution in [2.75, 3.05) is 13.2 Å². The minimum absolute atomic E-state index is 0.00239. The van der Waals surface area contributed by atoms with E-state index in [4.69, 9.17) is 9.47 Å². The van der Waals surface area contributed by atoms with Crippen LogP contribution in [0.1, 0.15) is 145 Å². The smallest absolute Gasteiger partial charge is 0.416 e. The Morgan fingerprint density at radius 2 is 0.736 bits per heavy atom. The van der Waals surface area contributed by atoms with Gasteiger partial charge in [-0.25, -0.2) is 43.2 Å². The van der Waals surface area contributed by atoms with E-state index in [1.54, 1.807) is 20.0 Å². The summed E-state index contributed by atoms with van der Waals surface area (Å²) in [7, 11) is 4.28. The SMILES string of the molecule is CCOC(=O)c1cn(-c2ccc3c(c2)[nH]c(=O)n3C)c(=O)n([C@@H]2CCc3c2cccc3C(F)(F)F)c1=O.CCOC(=O)c1cn(-c2ccc3c(c2)n(CCC(F)(F)F)c(=O)n3C)c(=O)n([C@@H]2CCc3c2cccc3C(F)(F)F)c1=O.Cn1c(=O)n(CCC(F)(F)F)c2cc(-n3cc(C(=O)O)c(=O)n([C@@H]4CCc5c4cccc5C(F)(F)F)c3=O)ccc21. The molecule has 0 radical (unpaired) electrons. The fourth-order valence-electron chi connectivity index (χ4n) is 15.8. The highest BCUT2D eigenvalue weighted by atomic mass is 19.4. The predicted octanol–water partition coefficient (Wildman–Crippen LogP) is 11.1. The van der Waals surface area contributed by atoms with E-state index in [-0.39, 0.29) is 130 Å². The Bertz CT molecular complexity index is 6850. The molecule has 0 amide bonds. The number of aromatic carboxylic acids is 1. The van der Waals surface area contributed by atoms with Crippen LogP contribution in [0.3, 0.4) is 0 Å². The number of ether oxygens (including phenoxy) is 2. The van der Waals surface area contributed by atoms with Crippen molar-refractivity contribution < 1.29 is 94.8 Å². The Kier molecular flexibility index (Phi) is 22.4. The van der Waals surface area contributed by atoms with Crippen LogP contribution >= 0.6 is 0 Å². The van der Waals surface area contributed by atoms with Gasteiger partial charge in [0.05, 0.1) is 111 Å². The Balaban J connectivity index is 0.000000157. The molecule has 2 N–H and O–H groups in total. The molecule has 636 valence electrons. The quantitative estimate of drug-likeness (QED) is 0.0712. The van der Waals surface area contributed by atoms with Crippen LogP contribution in [0, 0.1) is 0 Å². The average Bonchev–Trinajstić information content (AvgIpc) is 1.71. The van der Waals surface area contributed by atoms with Crippen molar-refractivity contribution in [3.8, 4) is 17.1 Å². The van der Waals surface area contributed by atoms with Gasteiger partial charge in [-0.1, -0.05) is 36.4 Å². The lowest BCUT2D eigenvalue weighted by atomic mass is 10.0. The van der Waals surface area contributed by atoms with Crippen LogP contribution in [0.4, 0.5) is 65.9 Å². The topological polar surface area (TPSA) is 314 Å². The molecule has 12 aromatic rings. The number of aromatic amines is 1. The molecule has 0 bridgehead atoms. The second-order valence-corrected chi connectivity index (χ2v) is 28.4. The Labute approximate surface area is 666 Å². The number of carboxylic acids is 1. The molecule has 0 saturated heterocycles. The summed E-state index contributed by atoms with van der Waals surface area (Å²) in [5.41, 5.74) is -10.7. The van der Waals surface area contributed by atoms with Crippen molar-refractivity contribution in [2.24, 2.45) is 21.1 Å². The van der Waals surface area contributed by atoms with E-state index >= 15 is 0 Å². The lowest BCUT2D eigenvalue weighted by Gasteiger charge is -2.19. The van der Waals surface area contributed by atoms with Crippen molar-refractivity contribution in [3.05, 3.63) is 289 Å². The van der Waals surface area contributed by atoms with Crippen LogP contribution in [0.15, 0.2) is 171 Å². The predicted molar refractivity (Wildman–Crippen MR) is 401 cm³/mol. The van der Waals surface area contributed by atoms with Crippen LogP contribution < -0.4 is 50.8 Å². The standard InChI is InChI=1S/C28H24F6N4O5.C26H20F6N4O5.C25H21F3N4O5/c1-3-43-24(40)18-14-37(15-7-9-21-22(13-15)36(25(41)35(21)2)12-11-27(29,30)31)26(42)38(23(18)39)20-10-8-16-17(20)5-4-6-19(16)28(32,33)34;1-33-19-7-5-13(11-20(19)34(23(33)40)10-9-25(27,28)29)35-12-16(22(38)39)21(37)36(24(35)41)18-8-6-14-15(18)3-2-4-17(14)26(30,31)32;1-3-37-22(34)16-12-31(13-7-9-20-18(11-13)29-23(35)30(20)2)24(36)32(21(16)33)19-10-8-14-15(19)5-4-6-17(14)25(26,27)28/h4-7,9,13-14,20H,3,8,10-12H2,1-2H3;2-5,7,11-12,18H,6,8-10H2,1H3,(H,38,39);4-7,9,11-12,19H,3,8,10H2,1-2H3,(H,29,35)/t20-;18-;19-/m111/s1. The molecule has 0 fully saturated rings. The van der Waals surface area contributed by atoms with Crippen LogP contribution in [0.25, 0.3) is 50.2 Å². The van der Waals surface area contributed by atoms with Crippen molar-refractivity contribution in [3.63, 3.8) is 0 Å². The molecule has 0 unspecified atom stereocenters. The Morgan fingerprint density at radius 3 is 1.06 bits per heavy atom. The fraction of sp³-hybridized carbons (Fsp3) is 0.316. The molecule has 27 nitrogen and oxygen atoms in total. The highest BCUT2D eigenvalue weighted by Crippen LogP contribution is 2.45. The van der Waals surface area contributed by atoms with Gasteiger partial charge in [0.2, 0.25) is 0 Å². The first kappa shape index (κ1) is 85.4. The van der Waals surface area contributed by atoms with Gasteiger partial charge in [-0.05, 0) is 159 Å². The molecule has 121 heavy (non-hydrogen) atoms. The van der Waals surface area contributed by atoms with Gasteiger partial charge in [-0.2, -0.15) is 65.9 Å². The number of fused-ring (bicyclic) bond motifs is 6. The molecule has 0 saturated carbocycles. The highest BCUT2D eigenvalue weighted by Gasteiger charge is 2.43. The zero-order valence-electron chi connectivity index (χ0n) is 63.6. The maximum atomic E-state index is 13.9. The highest BCUT2D eigenvalue weighted by molar-refractivity contribution is 5.90. The molecule has 0 spiro atoms. The second kappa shape index (κ2) is 31.7. The van der Waals surface area contributed by atoms with E-state index in [0.29, 0.717) is 20.2 Å². The van der Waals surface area contributed by atoms with Crippen molar-refractivity contribution in [2.45, 2.75) is 127 Å².